The van der Waals surface area contributed by atoms with Crippen molar-refractivity contribution in [2.45, 2.75) is 348 Å². The number of hydrogen-bond acceptors (Lipinski definition) is 6. The molecule has 0 aliphatic heterocycles. The summed E-state index contributed by atoms with van der Waals surface area (Å²) >= 11 is 0. The lowest BCUT2D eigenvalue weighted by atomic mass is 10.0. The Morgan fingerprint density at radius 1 is 0.274 bits per heavy atom. The summed E-state index contributed by atoms with van der Waals surface area (Å²) in [6.07, 6.45) is 76.9. The SMILES string of the molecule is CCCCCCCC/C=C\C/C=C\C/C=C\CCCC(=O)OC[C@H](COC(=O)CCCCCCCCCCCCCCCCCCCCCCC)OC(=O)CCCCCCCCC/C=C\CCCCCCCC. The molecule has 0 heterocycles. The van der Waals surface area contributed by atoms with E-state index in [1.165, 1.54) is 238 Å². The van der Waals surface area contributed by atoms with E-state index < -0.39 is 6.10 Å². The fraction of sp³-hybridized carbons (Fsp3) is 0.836. The molecule has 0 aliphatic rings. The molecule has 0 bridgehead atoms. The number of carbonyl (C=O) groups is 3. The van der Waals surface area contributed by atoms with Crippen molar-refractivity contribution >= 4 is 17.9 Å². The summed E-state index contributed by atoms with van der Waals surface area (Å²) in [6, 6.07) is 0. The molecule has 0 radical (unpaired) electrons. The van der Waals surface area contributed by atoms with E-state index in [9.17, 15) is 14.4 Å². The Balaban J connectivity index is 4.38. The van der Waals surface area contributed by atoms with Crippen LogP contribution in [0.25, 0.3) is 0 Å². The topological polar surface area (TPSA) is 78.9 Å². The minimum atomic E-state index is -0.794. The molecule has 0 rings (SSSR count). The first-order valence-electron chi connectivity index (χ1n) is 32.1. The van der Waals surface area contributed by atoms with Crippen LogP contribution in [-0.2, 0) is 28.6 Å². The summed E-state index contributed by atoms with van der Waals surface area (Å²) in [6.45, 7) is 6.64. The van der Waals surface area contributed by atoms with Gasteiger partial charge in [0.2, 0.25) is 0 Å². The first-order chi connectivity index (χ1) is 36.0. The van der Waals surface area contributed by atoms with E-state index in [1.54, 1.807) is 0 Å². The van der Waals surface area contributed by atoms with E-state index in [4.69, 9.17) is 14.2 Å². The number of esters is 3. The third-order valence-electron chi connectivity index (χ3n) is 14.3. The molecule has 0 amide bonds. The van der Waals surface area contributed by atoms with Crippen molar-refractivity contribution in [2.75, 3.05) is 13.2 Å². The van der Waals surface area contributed by atoms with Gasteiger partial charge in [0.15, 0.2) is 6.10 Å². The van der Waals surface area contributed by atoms with Gasteiger partial charge in [-0.3, -0.25) is 14.4 Å². The molecule has 0 N–H and O–H groups in total. The molecule has 426 valence electrons. The predicted molar refractivity (Wildman–Crippen MR) is 316 cm³/mol. The number of ether oxygens (including phenoxy) is 3. The summed E-state index contributed by atoms with van der Waals surface area (Å²) in [4.78, 5) is 38.3. The molecule has 0 fully saturated rings. The molecule has 0 unspecified atom stereocenters. The molecule has 0 spiro atoms. The number of unbranched alkanes of at least 4 members (excludes halogenated alkanes) is 40. The first-order valence-corrected chi connectivity index (χ1v) is 32.1. The third kappa shape index (κ3) is 60.1. The van der Waals surface area contributed by atoms with Crippen LogP contribution in [0.5, 0.6) is 0 Å². The van der Waals surface area contributed by atoms with Crippen LogP contribution in [0.15, 0.2) is 48.6 Å². The van der Waals surface area contributed by atoms with Crippen molar-refractivity contribution in [3.8, 4) is 0 Å². The number of carbonyl (C=O) groups excluding carboxylic acids is 3. The van der Waals surface area contributed by atoms with E-state index in [-0.39, 0.29) is 31.1 Å². The van der Waals surface area contributed by atoms with Gasteiger partial charge in [-0.2, -0.15) is 0 Å². The fourth-order valence-corrected chi connectivity index (χ4v) is 9.46. The van der Waals surface area contributed by atoms with Gasteiger partial charge >= 0.3 is 17.9 Å². The monoisotopic (exact) mass is 1020 g/mol. The van der Waals surface area contributed by atoms with Crippen molar-refractivity contribution in [3.05, 3.63) is 48.6 Å². The summed E-state index contributed by atoms with van der Waals surface area (Å²) < 4.78 is 16.9. The number of allylic oxidation sites excluding steroid dienone is 8. The van der Waals surface area contributed by atoms with Gasteiger partial charge < -0.3 is 14.2 Å². The van der Waals surface area contributed by atoms with E-state index in [0.29, 0.717) is 25.7 Å². The summed E-state index contributed by atoms with van der Waals surface area (Å²) in [5, 5.41) is 0. The van der Waals surface area contributed by atoms with Gasteiger partial charge in [0.1, 0.15) is 13.2 Å². The van der Waals surface area contributed by atoms with Gasteiger partial charge in [-0.05, 0) is 77.0 Å². The van der Waals surface area contributed by atoms with E-state index >= 15 is 0 Å². The van der Waals surface area contributed by atoms with Crippen LogP contribution >= 0.6 is 0 Å². The van der Waals surface area contributed by atoms with Crippen LogP contribution in [0.3, 0.4) is 0 Å². The normalized spacial score (nSPS) is 12.3. The minimum absolute atomic E-state index is 0.0868. The van der Waals surface area contributed by atoms with Crippen LogP contribution in [0, 0.1) is 0 Å². The highest BCUT2D eigenvalue weighted by Gasteiger charge is 2.19. The second-order valence-electron chi connectivity index (χ2n) is 21.7. The molecule has 0 aromatic rings. The highest BCUT2D eigenvalue weighted by Crippen LogP contribution is 2.17. The second-order valence-corrected chi connectivity index (χ2v) is 21.7. The zero-order valence-electron chi connectivity index (χ0n) is 48.9. The first kappa shape index (κ1) is 70.4. The largest absolute Gasteiger partial charge is 0.462 e. The van der Waals surface area contributed by atoms with Gasteiger partial charge in [0.25, 0.3) is 0 Å². The van der Waals surface area contributed by atoms with Crippen LogP contribution in [0.1, 0.15) is 342 Å². The lowest BCUT2D eigenvalue weighted by Gasteiger charge is -2.18. The molecule has 73 heavy (non-hydrogen) atoms. The van der Waals surface area contributed by atoms with E-state index in [0.717, 1.165) is 57.8 Å². The van der Waals surface area contributed by atoms with Crippen LogP contribution in [0.4, 0.5) is 0 Å². The van der Waals surface area contributed by atoms with Crippen molar-refractivity contribution in [2.24, 2.45) is 0 Å². The lowest BCUT2D eigenvalue weighted by molar-refractivity contribution is -0.167. The summed E-state index contributed by atoms with van der Waals surface area (Å²) in [5.41, 5.74) is 0. The Hall–Kier alpha value is -2.63. The second kappa shape index (κ2) is 61.9. The molecular weight excluding hydrogens is 901 g/mol. The maximum Gasteiger partial charge on any atom is 0.306 e. The molecule has 0 aliphatic carbocycles. The summed E-state index contributed by atoms with van der Waals surface area (Å²) in [7, 11) is 0. The van der Waals surface area contributed by atoms with Crippen molar-refractivity contribution in [3.63, 3.8) is 0 Å². The molecule has 6 heteroatoms. The number of hydrogen-bond donors (Lipinski definition) is 0. The van der Waals surface area contributed by atoms with Gasteiger partial charge in [0.05, 0.1) is 0 Å². The highest BCUT2D eigenvalue weighted by molar-refractivity contribution is 5.71. The molecule has 6 nitrogen and oxygen atoms in total. The van der Waals surface area contributed by atoms with Crippen LogP contribution < -0.4 is 0 Å². The Morgan fingerprint density at radius 3 is 0.836 bits per heavy atom. The highest BCUT2D eigenvalue weighted by atomic mass is 16.6. The smallest absolute Gasteiger partial charge is 0.306 e. The van der Waals surface area contributed by atoms with Crippen molar-refractivity contribution in [1.82, 2.24) is 0 Å². The molecule has 0 saturated carbocycles. The van der Waals surface area contributed by atoms with E-state index in [1.807, 2.05) is 0 Å². The van der Waals surface area contributed by atoms with Gasteiger partial charge in [-0.15, -0.1) is 0 Å². The fourth-order valence-electron chi connectivity index (χ4n) is 9.46. The average molecular weight is 1020 g/mol. The maximum absolute atomic E-state index is 12.9. The zero-order valence-corrected chi connectivity index (χ0v) is 48.9. The minimum Gasteiger partial charge on any atom is -0.462 e. The Bertz CT molecular complexity index is 1270. The number of rotatable bonds is 59. The van der Waals surface area contributed by atoms with Gasteiger partial charge in [-0.25, -0.2) is 0 Å². The molecule has 0 aromatic carbocycles. The van der Waals surface area contributed by atoms with Crippen molar-refractivity contribution in [1.29, 1.82) is 0 Å². The van der Waals surface area contributed by atoms with Crippen LogP contribution in [-0.4, -0.2) is 37.2 Å². The lowest BCUT2D eigenvalue weighted by Crippen LogP contribution is -2.30. The van der Waals surface area contributed by atoms with Crippen LogP contribution in [0.2, 0.25) is 0 Å². The molecule has 0 saturated heterocycles. The van der Waals surface area contributed by atoms with Crippen molar-refractivity contribution < 1.29 is 28.6 Å². The molecule has 1 atom stereocenters. The summed E-state index contributed by atoms with van der Waals surface area (Å²) in [5.74, 6) is -0.925. The van der Waals surface area contributed by atoms with Gasteiger partial charge in [0, 0.05) is 19.3 Å². The average Bonchev–Trinajstić information content (AvgIpc) is 3.39. The molecular formula is C67H122O6. The van der Waals surface area contributed by atoms with Gasteiger partial charge in [-0.1, -0.05) is 294 Å². The molecule has 0 aromatic heterocycles. The van der Waals surface area contributed by atoms with E-state index in [2.05, 4.69) is 69.4 Å². The predicted octanol–water partition coefficient (Wildman–Crippen LogP) is 21.8. The maximum atomic E-state index is 12.9. The Kier molecular flexibility index (Phi) is 59.7. The zero-order chi connectivity index (χ0) is 52.9. The third-order valence-corrected chi connectivity index (χ3v) is 14.3. The Labute approximate surface area is 454 Å². The standard InChI is InChI=1S/C67H122O6/c1-4-7-10-13-16-19-22-25-28-31-32-33-34-37-39-42-45-48-51-54-57-60-66(69)72-63-64(73-67(70)61-58-55-52-49-46-43-40-36-30-27-24-21-18-15-12-9-6-3)62-71-65(68)59-56-53-50-47-44-41-38-35-29-26-23-20-17-14-11-8-5-2/h26-27,29-30,38,41,47,50,64H,4-25,28,31-37,39-40,42-46,48-49,51-63H2,1-3H3/b29-26-,30-27-,41-38-,50-47-/t64-/m1/s1. The quantitative estimate of drug-likeness (QED) is 0.0261. The Morgan fingerprint density at radius 2 is 0.507 bits per heavy atom.